The van der Waals surface area contributed by atoms with Gasteiger partial charge in [-0.25, -0.2) is 9.97 Å². The Balaban J connectivity index is 2.53. The molecular formula is C13H19N3O. The second kappa shape index (κ2) is 4.84. The Morgan fingerprint density at radius 2 is 2.18 bits per heavy atom. The number of hydrogen-bond acceptors (Lipinski definition) is 3. The summed E-state index contributed by atoms with van der Waals surface area (Å²) in [6.45, 7) is 7.03. The highest BCUT2D eigenvalue weighted by atomic mass is 16.3. The Bertz CT molecular complexity index is 517. The van der Waals surface area contributed by atoms with Crippen LogP contribution < -0.4 is 0 Å². The van der Waals surface area contributed by atoms with Gasteiger partial charge in [-0.2, -0.15) is 0 Å². The van der Waals surface area contributed by atoms with Crippen molar-refractivity contribution < 1.29 is 5.11 Å². The molecule has 0 aliphatic heterocycles. The number of rotatable bonds is 4. The fourth-order valence-electron chi connectivity index (χ4n) is 2.01. The van der Waals surface area contributed by atoms with Gasteiger partial charge in [0.1, 0.15) is 11.3 Å². The molecule has 0 unspecified atom stereocenters. The van der Waals surface area contributed by atoms with E-state index >= 15 is 0 Å². The number of fused-ring (bicyclic) bond motifs is 1. The highest BCUT2D eigenvalue weighted by Crippen LogP contribution is 2.17. The summed E-state index contributed by atoms with van der Waals surface area (Å²) in [5.74, 6) is 1.56. The predicted molar refractivity (Wildman–Crippen MR) is 67.9 cm³/mol. The first kappa shape index (κ1) is 12.0. The number of aliphatic hydroxyl groups is 1. The van der Waals surface area contributed by atoms with Crippen LogP contribution in [0.15, 0.2) is 12.3 Å². The average molecular weight is 233 g/mol. The van der Waals surface area contributed by atoms with E-state index in [1.165, 1.54) is 0 Å². The van der Waals surface area contributed by atoms with Crippen LogP contribution in [0.1, 0.15) is 25.2 Å². The minimum absolute atomic E-state index is 0.117. The van der Waals surface area contributed by atoms with Crippen LogP contribution in [0.5, 0.6) is 0 Å². The highest BCUT2D eigenvalue weighted by Gasteiger charge is 2.12. The Morgan fingerprint density at radius 3 is 2.82 bits per heavy atom. The molecule has 4 heteroatoms. The number of pyridine rings is 1. The highest BCUT2D eigenvalue weighted by molar-refractivity contribution is 5.72. The topological polar surface area (TPSA) is 50.9 Å². The van der Waals surface area contributed by atoms with Gasteiger partial charge < -0.3 is 9.67 Å². The lowest BCUT2D eigenvalue weighted by Gasteiger charge is -2.08. The molecule has 0 saturated carbocycles. The molecule has 17 heavy (non-hydrogen) atoms. The second-order valence-electron chi connectivity index (χ2n) is 4.86. The fourth-order valence-corrected chi connectivity index (χ4v) is 2.01. The van der Waals surface area contributed by atoms with E-state index in [0.29, 0.717) is 12.5 Å². The van der Waals surface area contributed by atoms with Gasteiger partial charge in [-0.1, -0.05) is 13.8 Å². The van der Waals surface area contributed by atoms with Crippen LogP contribution in [-0.4, -0.2) is 26.2 Å². The molecular weight excluding hydrogens is 214 g/mol. The molecule has 2 heterocycles. The number of hydrogen-bond donors (Lipinski definition) is 1. The van der Waals surface area contributed by atoms with E-state index in [-0.39, 0.29) is 6.61 Å². The molecule has 0 spiro atoms. The molecule has 2 rings (SSSR count). The van der Waals surface area contributed by atoms with Crippen LogP contribution in [0.4, 0.5) is 0 Å². The maximum absolute atomic E-state index is 9.13. The minimum atomic E-state index is 0.117. The lowest BCUT2D eigenvalue weighted by atomic mass is 10.1. The summed E-state index contributed by atoms with van der Waals surface area (Å²) in [6.07, 6.45) is 2.76. The first-order valence-electron chi connectivity index (χ1n) is 6.04. The third-order valence-corrected chi connectivity index (χ3v) is 2.72. The summed E-state index contributed by atoms with van der Waals surface area (Å²) < 4.78 is 2.02. The lowest BCUT2D eigenvalue weighted by molar-refractivity contribution is 0.275. The van der Waals surface area contributed by atoms with Crippen LogP contribution >= 0.6 is 0 Å². The van der Waals surface area contributed by atoms with Gasteiger partial charge in [0.05, 0.1) is 6.61 Å². The molecule has 0 aliphatic carbocycles. The van der Waals surface area contributed by atoms with E-state index in [9.17, 15) is 0 Å². The zero-order chi connectivity index (χ0) is 12.4. The van der Waals surface area contributed by atoms with Crippen LogP contribution in [0.3, 0.4) is 0 Å². The van der Waals surface area contributed by atoms with Gasteiger partial charge in [0.25, 0.3) is 0 Å². The molecule has 0 aromatic carbocycles. The minimum Gasteiger partial charge on any atom is -0.395 e. The van der Waals surface area contributed by atoms with Gasteiger partial charge in [0, 0.05) is 19.2 Å². The SMILES string of the molecule is Cc1cnc2c(c1)nc(CC(C)C)n2CCO. The van der Waals surface area contributed by atoms with Crippen molar-refractivity contribution in [3.63, 3.8) is 0 Å². The van der Waals surface area contributed by atoms with Crippen molar-refractivity contribution in [2.24, 2.45) is 5.92 Å². The largest absolute Gasteiger partial charge is 0.395 e. The first-order valence-corrected chi connectivity index (χ1v) is 6.04. The number of aliphatic hydroxyl groups excluding tert-OH is 1. The zero-order valence-electron chi connectivity index (χ0n) is 10.6. The van der Waals surface area contributed by atoms with E-state index in [0.717, 1.165) is 29.0 Å². The summed E-state index contributed by atoms with van der Waals surface area (Å²) >= 11 is 0. The molecule has 0 aliphatic rings. The maximum Gasteiger partial charge on any atom is 0.160 e. The summed E-state index contributed by atoms with van der Waals surface area (Å²) in [5, 5.41) is 9.13. The Morgan fingerprint density at radius 1 is 1.41 bits per heavy atom. The maximum atomic E-state index is 9.13. The predicted octanol–water partition coefficient (Wildman–Crippen LogP) is 1.93. The number of aromatic nitrogens is 3. The van der Waals surface area contributed by atoms with Gasteiger partial charge in [-0.3, -0.25) is 0 Å². The van der Waals surface area contributed by atoms with Crippen molar-refractivity contribution in [3.8, 4) is 0 Å². The van der Waals surface area contributed by atoms with Gasteiger partial charge in [-0.15, -0.1) is 0 Å². The van der Waals surface area contributed by atoms with E-state index in [4.69, 9.17) is 5.11 Å². The van der Waals surface area contributed by atoms with Crippen LogP contribution in [0.25, 0.3) is 11.2 Å². The van der Waals surface area contributed by atoms with Gasteiger partial charge in [0.15, 0.2) is 5.65 Å². The molecule has 4 nitrogen and oxygen atoms in total. The summed E-state index contributed by atoms with van der Waals surface area (Å²) in [5.41, 5.74) is 2.91. The molecule has 92 valence electrons. The van der Waals surface area contributed by atoms with Crippen LogP contribution in [-0.2, 0) is 13.0 Å². The third-order valence-electron chi connectivity index (χ3n) is 2.72. The zero-order valence-corrected chi connectivity index (χ0v) is 10.6. The molecule has 0 amide bonds. The van der Waals surface area contributed by atoms with E-state index in [1.807, 2.05) is 23.8 Å². The Hall–Kier alpha value is -1.42. The lowest BCUT2D eigenvalue weighted by Crippen LogP contribution is -2.09. The normalized spacial score (nSPS) is 11.6. The quantitative estimate of drug-likeness (QED) is 0.878. The van der Waals surface area contributed by atoms with Crippen molar-refractivity contribution in [2.75, 3.05) is 6.61 Å². The molecule has 0 saturated heterocycles. The van der Waals surface area contributed by atoms with Crippen LogP contribution in [0.2, 0.25) is 0 Å². The van der Waals surface area contributed by atoms with Gasteiger partial charge in [-0.05, 0) is 24.5 Å². The van der Waals surface area contributed by atoms with Crippen LogP contribution in [0, 0.1) is 12.8 Å². The molecule has 0 radical (unpaired) electrons. The standard InChI is InChI=1S/C13H19N3O/c1-9(2)6-12-15-11-7-10(3)8-14-13(11)16(12)4-5-17/h7-9,17H,4-6H2,1-3H3. The molecule has 0 fully saturated rings. The summed E-state index contributed by atoms with van der Waals surface area (Å²) in [6, 6.07) is 2.04. The van der Waals surface area contributed by atoms with E-state index in [2.05, 4.69) is 23.8 Å². The number of aryl methyl sites for hydroxylation is 1. The fraction of sp³-hybridized carbons (Fsp3) is 0.538. The number of imidazole rings is 1. The Labute approximate surface area is 101 Å². The van der Waals surface area contributed by atoms with E-state index < -0.39 is 0 Å². The molecule has 0 bridgehead atoms. The second-order valence-corrected chi connectivity index (χ2v) is 4.86. The molecule has 1 N–H and O–H groups in total. The monoisotopic (exact) mass is 233 g/mol. The number of nitrogens with zero attached hydrogens (tertiary/aromatic N) is 3. The first-order chi connectivity index (χ1) is 8.11. The van der Waals surface area contributed by atoms with Gasteiger partial charge >= 0.3 is 0 Å². The average Bonchev–Trinajstić information content (AvgIpc) is 2.55. The van der Waals surface area contributed by atoms with Crippen molar-refractivity contribution in [3.05, 3.63) is 23.7 Å². The smallest absolute Gasteiger partial charge is 0.160 e. The summed E-state index contributed by atoms with van der Waals surface area (Å²) in [4.78, 5) is 9.04. The molecule has 2 aromatic rings. The van der Waals surface area contributed by atoms with Gasteiger partial charge in [0.2, 0.25) is 0 Å². The Kier molecular flexibility index (Phi) is 3.43. The third kappa shape index (κ3) is 2.47. The van der Waals surface area contributed by atoms with Crippen molar-refractivity contribution in [1.29, 1.82) is 0 Å². The van der Waals surface area contributed by atoms with E-state index in [1.54, 1.807) is 0 Å². The van der Waals surface area contributed by atoms with Crippen molar-refractivity contribution >= 4 is 11.2 Å². The molecule has 0 atom stereocenters. The summed E-state index contributed by atoms with van der Waals surface area (Å²) in [7, 11) is 0. The van der Waals surface area contributed by atoms with Crippen molar-refractivity contribution in [2.45, 2.75) is 33.7 Å². The van der Waals surface area contributed by atoms with Crippen molar-refractivity contribution in [1.82, 2.24) is 14.5 Å². The molecule has 2 aromatic heterocycles.